The highest BCUT2D eigenvalue weighted by Gasteiger charge is 2.53. The van der Waals surface area contributed by atoms with Gasteiger partial charge < -0.3 is 89.9 Å². The lowest BCUT2D eigenvalue weighted by Gasteiger charge is -2.48. The maximum Gasteiger partial charge on any atom is 0.220 e. The van der Waals surface area contributed by atoms with Gasteiger partial charge in [-0.2, -0.15) is 0 Å². The van der Waals surface area contributed by atoms with E-state index in [0.29, 0.717) is 12.8 Å². The standard InChI is InChI=1S/C70H127NO18/c1-3-5-7-9-11-13-15-17-19-21-23-25-26-28-30-32-34-36-38-40-42-44-46-48-58(76)71-53(54(75)47-45-43-41-39-37-35-33-31-29-27-24-22-20-18-16-14-12-10-8-6-4-2)52-84-68-64(82)61(79)66(56(50-73)86-68)89-70-65(83)62(80)67(57(51-74)87-70)88-69-63(81)60(78)59(77)55(49-72)85-69/h21,23,29,31,37,39,45,47,53-57,59-70,72-75,77-83H,3-20,22,24-28,30,32-36,38,40-44,46,48-52H2,1-2H3,(H,71,76)/b23-21-,31-29+,39-37+,47-45+. The minimum absolute atomic E-state index is 0.231. The third-order valence-electron chi connectivity index (χ3n) is 17.6. The van der Waals surface area contributed by atoms with E-state index in [2.05, 4.69) is 55.6 Å². The predicted molar refractivity (Wildman–Crippen MR) is 346 cm³/mol. The first-order valence-corrected chi connectivity index (χ1v) is 35.4. The molecule has 0 aromatic carbocycles. The van der Waals surface area contributed by atoms with E-state index < -0.39 is 124 Å². The van der Waals surface area contributed by atoms with E-state index in [1.807, 2.05) is 6.08 Å². The van der Waals surface area contributed by atoms with Crippen molar-refractivity contribution >= 4 is 5.91 Å². The Bertz CT molecular complexity index is 1800. The lowest BCUT2D eigenvalue weighted by molar-refractivity contribution is -0.379. The van der Waals surface area contributed by atoms with Crippen LogP contribution >= 0.6 is 0 Å². The molecule has 520 valence electrons. The topological polar surface area (TPSA) is 307 Å². The fourth-order valence-electron chi connectivity index (χ4n) is 11.8. The molecule has 89 heavy (non-hydrogen) atoms. The van der Waals surface area contributed by atoms with E-state index in [1.165, 1.54) is 180 Å². The van der Waals surface area contributed by atoms with Crippen molar-refractivity contribution in [2.45, 2.75) is 362 Å². The zero-order valence-electron chi connectivity index (χ0n) is 54.9. The number of nitrogens with one attached hydrogen (secondary N) is 1. The second-order valence-electron chi connectivity index (χ2n) is 25.3. The third kappa shape index (κ3) is 34.1. The average molecular weight is 1270 g/mol. The number of carbonyl (C=O) groups is 1. The van der Waals surface area contributed by atoms with Gasteiger partial charge in [-0.1, -0.05) is 229 Å². The predicted octanol–water partition coefficient (Wildman–Crippen LogP) is 9.39. The van der Waals surface area contributed by atoms with Crippen LogP contribution in [0.1, 0.15) is 258 Å². The SMILES string of the molecule is CCCCCCCCCC/C=C\CCCCCCCCCCCCCC(=O)NC(COC1OC(CO)C(OC2OC(CO)C(OC3OC(CO)C(O)C(O)C3O)C(O)C2O)C(O)C1O)C(O)/C=C/CC/C=C/CC/C=C/CCCCCCCCCCCCC. The number of amides is 1. The van der Waals surface area contributed by atoms with Gasteiger partial charge in [-0.15, -0.1) is 0 Å². The van der Waals surface area contributed by atoms with Crippen LogP contribution in [0.2, 0.25) is 0 Å². The second kappa shape index (κ2) is 52.1. The zero-order chi connectivity index (χ0) is 64.7. The van der Waals surface area contributed by atoms with Crippen LogP contribution in [-0.2, 0) is 33.2 Å². The van der Waals surface area contributed by atoms with Gasteiger partial charge in [0.2, 0.25) is 5.91 Å². The molecule has 0 aromatic heterocycles. The quantitative estimate of drug-likeness (QED) is 0.0199. The molecule has 12 N–H and O–H groups in total. The van der Waals surface area contributed by atoms with Gasteiger partial charge in [-0.25, -0.2) is 0 Å². The number of aliphatic hydroxyl groups excluding tert-OH is 11. The molecule has 0 radical (unpaired) electrons. The first-order chi connectivity index (χ1) is 43.3. The summed E-state index contributed by atoms with van der Waals surface area (Å²) < 4.78 is 34.3. The smallest absolute Gasteiger partial charge is 0.220 e. The Morgan fingerprint density at radius 2 is 0.719 bits per heavy atom. The van der Waals surface area contributed by atoms with Crippen LogP contribution in [0.4, 0.5) is 0 Å². The minimum Gasteiger partial charge on any atom is -0.394 e. The Kier molecular flexibility index (Phi) is 47.4. The number of carbonyl (C=O) groups excluding carboxylic acids is 1. The molecule has 0 spiro atoms. The fraction of sp³-hybridized carbons (Fsp3) is 0.871. The third-order valence-corrected chi connectivity index (χ3v) is 17.6. The van der Waals surface area contributed by atoms with Crippen LogP contribution in [0.15, 0.2) is 48.6 Å². The molecule has 3 heterocycles. The van der Waals surface area contributed by atoms with Crippen molar-refractivity contribution < 1.29 is 89.4 Å². The molecule has 3 saturated heterocycles. The summed E-state index contributed by atoms with van der Waals surface area (Å²) in [5.41, 5.74) is 0. The molecule has 19 heteroatoms. The number of ether oxygens (including phenoxy) is 6. The molecule has 3 rings (SSSR count). The van der Waals surface area contributed by atoms with E-state index in [9.17, 15) is 61.0 Å². The van der Waals surface area contributed by atoms with Gasteiger partial charge in [0.25, 0.3) is 0 Å². The number of allylic oxidation sites excluding steroid dienone is 7. The summed E-state index contributed by atoms with van der Waals surface area (Å²) in [5, 5.41) is 121. The van der Waals surface area contributed by atoms with Crippen molar-refractivity contribution in [2.24, 2.45) is 0 Å². The average Bonchev–Trinajstić information content (AvgIpc) is 2.09. The second-order valence-corrected chi connectivity index (χ2v) is 25.3. The van der Waals surface area contributed by atoms with Crippen LogP contribution < -0.4 is 5.32 Å². The molecule has 19 nitrogen and oxygen atoms in total. The summed E-state index contributed by atoms with van der Waals surface area (Å²) in [6, 6.07) is -0.998. The highest BCUT2D eigenvalue weighted by Crippen LogP contribution is 2.33. The summed E-state index contributed by atoms with van der Waals surface area (Å²) >= 11 is 0. The van der Waals surface area contributed by atoms with Crippen LogP contribution in [0.5, 0.6) is 0 Å². The zero-order valence-corrected chi connectivity index (χ0v) is 54.9. The van der Waals surface area contributed by atoms with E-state index >= 15 is 0 Å². The van der Waals surface area contributed by atoms with Gasteiger partial charge in [0, 0.05) is 6.42 Å². The first-order valence-electron chi connectivity index (χ1n) is 35.4. The van der Waals surface area contributed by atoms with Crippen molar-refractivity contribution in [1.29, 1.82) is 0 Å². The van der Waals surface area contributed by atoms with Crippen molar-refractivity contribution in [3.8, 4) is 0 Å². The van der Waals surface area contributed by atoms with Crippen molar-refractivity contribution in [3.63, 3.8) is 0 Å². The van der Waals surface area contributed by atoms with Crippen molar-refractivity contribution in [1.82, 2.24) is 5.32 Å². The molecule has 3 aliphatic rings. The van der Waals surface area contributed by atoms with Gasteiger partial charge in [0.05, 0.1) is 38.6 Å². The van der Waals surface area contributed by atoms with Gasteiger partial charge in [0.15, 0.2) is 18.9 Å². The summed E-state index contributed by atoms with van der Waals surface area (Å²) in [4.78, 5) is 13.4. The molecule has 3 aliphatic heterocycles. The van der Waals surface area contributed by atoms with Gasteiger partial charge in [-0.05, 0) is 70.6 Å². The molecule has 0 aliphatic carbocycles. The number of rotatable bonds is 54. The monoisotopic (exact) mass is 1270 g/mol. The maximum absolute atomic E-state index is 13.4. The maximum atomic E-state index is 13.4. The molecule has 17 unspecified atom stereocenters. The highest BCUT2D eigenvalue weighted by molar-refractivity contribution is 5.76. The summed E-state index contributed by atoms with van der Waals surface area (Å²) in [6.07, 6.45) is 35.1. The molecule has 1 amide bonds. The van der Waals surface area contributed by atoms with Crippen LogP contribution in [0.3, 0.4) is 0 Å². The van der Waals surface area contributed by atoms with Gasteiger partial charge in [0.1, 0.15) is 73.2 Å². The Morgan fingerprint density at radius 3 is 1.12 bits per heavy atom. The van der Waals surface area contributed by atoms with Crippen molar-refractivity contribution in [2.75, 3.05) is 26.4 Å². The van der Waals surface area contributed by atoms with E-state index in [1.54, 1.807) is 6.08 Å². The summed E-state index contributed by atoms with van der Waals surface area (Å²) in [5.74, 6) is -0.289. The largest absolute Gasteiger partial charge is 0.394 e. The summed E-state index contributed by atoms with van der Waals surface area (Å²) in [7, 11) is 0. The van der Waals surface area contributed by atoms with E-state index in [0.717, 1.165) is 44.9 Å². The van der Waals surface area contributed by atoms with Crippen LogP contribution in [0.25, 0.3) is 0 Å². The Hall–Kier alpha value is -2.25. The van der Waals surface area contributed by atoms with Crippen LogP contribution in [-0.4, -0.2) is 193 Å². The van der Waals surface area contributed by atoms with E-state index in [4.69, 9.17) is 28.4 Å². The Morgan fingerprint density at radius 1 is 0.393 bits per heavy atom. The molecular formula is C70H127NO18. The number of hydrogen-bond donors (Lipinski definition) is 12. The summed E-state index contributed by atoms with van der Waals surface area (Å²) in [6.45, 7) is 1.72. The lowest BCUT2D eigenvalue weighted by atomic mass is 9.96. The molecule has 0 saturated carbocycles. The lowest BCUT2D eigenvalue weighted by Crippen LogP contribution is -2.66. The number of aliphatic hydroxyl groups is 11. The van der Waals surface area contributed by atoms with E-state index in [-0.39, 0.29) is 18.9 Å². The Labute approximate surface area is 535 Å². The first kappa shape index (κ1) is 81.0. The molecule has 3 fully saturated rings. The number of hydrogen-bond acceptors (Lipinski definition) is 18. The molecule has 0 aromatic rings. The Balaban J connectivity index is 1.46. The molecule has 17 atom stereocenters. The van der Waals surface area contributed by atoms with Gasteiger partial charge >= 0.3 is 0 Å². The normalized spacial score (nSPS) is 28.5. The van der Waals surface area contributed by atoms with Crippen LogP contribution in [0, 0.1) is 0 Å². The van der Waals surface area contributed by atoms with Crippen molar-refractivity contribution in [3.05, 3.63) is 48.6 Å². The number of unbranched alkanes of at least 4 members (excludes halogenated alkanes) is 32. The molecular weight excluding hydrogens is 1140 g/mol. The fourth-order valence-corrected chi connectivity index (χ4v) is 11.8. The minimum atomic E-state index is -1.98. The molecule has 0 bridgehead atoms. The van der Waals surface area contributed by atoms with Gasteiger partial charge in [-0.3, -0.25) is 4.79 Å². The highest BCUT2D eigenvalue weighted by atomic mass is 16.8.